The number of halogens is 6. The van der Waals surface area contributed by atoms with E-state index in [4.69, 9.17) is 15.3 Å². The predicted octanol–water partition coefficient (Wildman–Crippen LogP) is 17.4. The van der Waals surface area contributed by atoms with Gasteiger partial charge < -0.3 is 42.7 Å². The molecule has 0 bridgehead atoms. The van der Waals surface area contributed by atoms with E-state index >= 15 is 0 Å². The third kappa shape index (κ3) is 39.0. The molecule has 7 aromatic carbocycles. The molecule has 0 fully saturated rings. The van der Waals surface area contributed by atoms with Gasteiger partial charge in [0.2, 0.25) is 0 Å². The van der Waals surface area contributed by atoms with Crippen molar-refractivity contribution in [2.75, 3.05) is 0 Å². The van der Waals surface area contributed by atoms with E-state index in [0.29, 0.717) is 17.1 Å². The van der Waals surface area contributed by atoms with Crippen molar-refractivity contribution < 1.29 is 177 Å². The fourth-order valence-electron chi connectivity index (χ4n) is 8.95. The Bertz CT molecular complexity index is 4890. The zero-order chi connectivity index (χ0) is 78.7. The van der Waals surface area contributed by atoms with Crippen molar-refractivity contribution in [2.45, 2.75) is 61.9 Å². The summed E-state index contributed by atoms with van der Waals surface area (Å²) in [7, 11) is 9.32. The molecular weight excluding hydrogens is 2530 g/mol. The van der Waals surface area contributed by atoms with Crippen molar-refractivity contribution in [1.29, 1.82) is 0 Å². The summed E-state index contributed by atoms with van der Waals surface area (Å²) >= 11 is 0. The van der Waals surface area contributed by atoms with Crippen molar-refractivity contribution in [3.8, 4) is 67.5 Å². The van der Waals surface area contributed by atoms with Gasteiger partial charge >= 0.3 is 0 Å². The zero-order valence-corrected chi connectivity index (χ0v) is 77.6. The fourth-order valence-corrected chi connectivity index (χ4v) is 8.95. The van der Waals surface area contributed by atoms with Crippen LogP contribution in [0.15, 0.2) is 238 Å². The first kappa shape index (κ1) is 106. The molecule has 0 atom stereocenters. The fraction of sp³-hybridized carbons (Fsp3) is 0.169. The number of imidazole rings is 6. The maximum atomic E-state index is 13.4. The number of hydrogen-bond acceptors (Lipinski definition) is 12. The second-order valence-corrected chi connectivity index (χ2v) is 23.4. The Morgan fingerprint density at radius 1 is 0.381 bits per heavy atom. The minimum Gasteiger partial charge on any atom is -0.512 e. The van der Waals surface area contributed by atoms with E-state index in [2.05, 4.69) is 108 Å². The van der Waals surface area contributed by atoms with E-state index in [0.717, 1.165) is 82.4 Å². The van der Waals surface area contributed by atoms with Crippen LogP contribution in [0.2, 0.25) is 0 Å². The third-order valence-corrected chi connectivity index (χ3v) is 13.9. The van der Waals surface area contributed by atoms with Crippen LogP contribution in [-0.4, -0.2) is 90.0 Å². The van der Waals surface area contributed by atoms with Crippen LogP contribution in [0.25, 0.3) is 67.5 Å². The molecule has 18 nitrogen and oxygen atoms in total. The first-order valence-corrected chi connectivity index (χ1v) is 32.5. The summed E-state index contributed by atoms with van der Waals surface area (Å²) in [5.74, 6) is -4.04. The van der Waals surface area contributed by atoms with Crippen LogP contribution in [0.3, 0.4) is 0 Å². The molecule has 0 aliphatic rings. The van der Waals surface area contributed by atoms with Crippen LogP contribution in [0.1, 0.15) is 58.5 Å². The number of benzene rings is 7. The molecule has 30 heteroatoms. The van der Waals surface area contributed by atoms with Crippen molar-refractivity contribution in [3.63, 3.8) is 0 Å². The quantitative estimate of drug-likeness (QED) is 0.0477. The summed E-state index contributed by atoms with van der Waals surface area (Å²) in [6.07, 6.45) is 21.0. The van der Waals surface area contributed by atoms with E-state index in [9.17, 15) is 40.7 Å². The first-order valence-electron chi connectivity index (χ1n) is 32.5. The Labute approximate surface area is 735 Å². The van der Waals surface area contributed by atoms with Crippen LogP contribution >= 0.6 is 0 Å². The van der Waals surface area contributed by atoms with Gasteiger partial charge in [0.1, 0.15) is 0 Å². The summed E-state index contributed by atoms with van der Waals surface area (Å²) in [4.78, 5) is 54.9. The minimum absolute atomic E-state index is 0. The van der Waals surface area contributed by atoms with Crippen LogP contribution < -0.4 is 0 Å². The number of aryl methyl sites for hydroxylation is 5. The van der Waals surface area contributed by atoms with Gasteiger partial charge in [-0.15, -0.1) is 144 Å². The number of aromatic nitrogens is 12. The van der Waals surface area contributed by atoms with Gasteiger partial charge in [-0.25, -0.2) is 0 Å². The second-order valence-electron chi connectivity index (χ2n) is 23.4. The molecule has 6 aromatic heterocycles. The number of carbonyl (C=O) groups is 3. The van der Waals surface area contributed by atoms with Gasteiger partial charge in [0.15, 0.2) is 17.3 Å². The summed E-state index contributed by atoms with van der Waals surface area (Å²) < 4.78 is 88.8. The molecule has 0 unspecified atom stereocenters. The molecule has 0 aliphatic heterocycles. The van der Waals surface area contributed by atoms with E-state index < -0.39 is 34.9 Å². The van der Waals surface area contributed by atoms with Gasteiger partial charge in [-0.3, -0.25) is 70.6 Å². The average Bonchev–Trinajstić information content (AvgIpc) is 1.73. The van der Waals surface area contributed by atoms with Crippen molar-refractivity contribution in [3.05, 3.63) is 326 Å². The summed E-state index contributed by atoms with van der Waals surface area (Å²) in [5, 5.41) is 25.1. The topological polar surface area (TPSA) is 219 Å². The maximum Gasteiger partial charge on any atom is 0.155 e. The van der Waals surface area contributed by atoms with Crippen LogP contribution in [0.4, 0.5) is 26.3 Å². The standard InChI is InChI=1S/C16H13N2.C11H9F2N2.C11H11N2.2C10H7F2N2.C10H9N2.3C5H8O2.6Ir/c1-3-7-14(8-4-1)11-18-12-16(17-13-18)15-9-5-2-6-10-15;1-7-11(14-6-15(7)2)9-4-3-8(12)5-10(9)13;1-9-11(12-8-13(9)2)10-6-4-3-5-7-10;2*1-14-5-10(13-6-14)8-3-2-7(11)4-9(8)12;1-12-7-10(11-8-12)9-5-3-2-4-6-9;3*1-4(6)3-5(2)7;;;;;;/h1-9,12-13H,11H2;3,5-6H,1-2H3;3-6,8H,1-2H3;2*2,4-6H,1H3;2-5,7-8H,1H3;3*3,6H,1-2H3;;;;;;/q6*-1;;;;;;;;;. The monoisotopic (exact) mass is 2610 g/mol. The number of ketones is 3. The van der Waals surface area contributed by atoms with Gasteiger partial charge in [0, 0.05) is 250 Å². The van der Waals surface area contributed by atoms with E-state index in [1.165, 1.54) is 71.0 Å². The van der Waals surface area contributed by atoms with Gasteiger partial charge in [-0.2, -0.15) is 0 Å². The van der Waals surface area contributed by atoms with Gasteiger partial charge in [0.25, 0.3) is 0 Å². The normalized spacial score (nSPS) is 10.1. The first-order chi connectivity index (χ1) is 50.9. The molecule has 113 heavy (non-hydrogen) atoms. The van der Waals surface area contributed by atoms with Gasteiger partial charge in [-0.05, 0) is 97.1 Å². The Balaban J connectivity index is 0. The number of aliphatic hydroxyl groups excluding tert-OH is 3. The Hall–Kier alpha value is -9.09. The smallest absolute Gasteiger partial charge is 0.155 e. The van der Waals surface area contributed by atoms with Crippen LogP contribution in [0, 0.1) is 85.1 Å². The molecule has 6 heterocycles. The predicted molar refractivity (Wildman–Crippen MR) is 400 cm³/mol. The number of carbonyl (C=O) groups excluding carboxylic acids is 3. The molecule has 610 valence electrons. The minimum atomic E-state index is -0.649. The van der Waals surface area contributed by atoms with Crippen molar-refractivity contribution >= 4 is 17.3 Å². The molecule has 0 spiro atoms. The van der Waals surface area contributed by atoms with Crippen molar-refractivity contribution in [1.82, 2.24) is 57.3 Å². The SMILES string of the molecule is CC(=O)C=C(C)O.CC(=O)C=C(C)O.CC(=O)C=C(C)O.Cc1c(-c2[c-]cc(F)cc2F)ncn1C.Cc1c(-c2[c-]cccc2)ncn1C.Cn1cnc(-c2[c-]cc(F)cc2F)c1.Cn1cnc(-c2[c-]cc(F)cc2F)c1.Cn1cnc(-c2[c-]cccc2)c1.[Ir].[Ir].[Ir].[Ir].[Ir].[Ir].[c-]1ccccc1-c1cn(Cc2ccccc2)cn1. The molecule has 0 saturated heterocycles. The number of allylic oxidation sites excluding steroid dienone is 6. The summed E-state index contributed by atoms with van der Waals surface area (Å²) in [6, 6.07) is 56.8. The Kier molecular flexibility index (Phi) is 51.9. The van der Waals surface area contributed by atoms with Gasteiger partial charge in [0.05, 0.1) is 55.2 Å². The Morgan fingerprint density at radius 3 is 0.991 bits per heavy atom. The van der Waals surface area contributed by atoms with E-state index in [-0.39, 0.29) is 172 Å². The third-order valence-electron chi connectivity index (χ3n) is 13.9. The van der Waals surface area contributed by atoms with Gasteiger partial charge in [-0.1, -0.05) is 65.2 Å². The summed E-state index contributed by atoms with van der Waals surface area (Å²) in [5.41, 5.74) is 11.3. The molecule has 6 radical (unpaired) electrons. The molecule has 3 N–H and O–H groups in total. The average molecular weight is 2610 g/mol. The second kappa shape index (κ2) is 55.4. The van der Waals surface area contributed by atoms with E-state index in [1.54, 1.807) is 65.5 Å². The largest absolute Gasteiger partial charge is 0.512 e. The summed E-state index contributed by atoms with van der Waals surface area (Å²) in [6.45, 7) is 13.3. The Morgan fingerprint density at radius 2 is 0.699 bits per heavy atom. The number of nitrogens with zero attached hydrogens (tertiary/aromatic N) is 12. The van der Waals surface area contributed by atoms with Crippen LogP contribution in [0.5, 0.6) is 0 Å². The molecular formula is C83H80F6Ir6N12O6-6. The number of hydrogen-bond donors (Lipinski definition) is 3. The number of rotatable bonds is 11. The number of aliphatic hydroxyl groups is 3. The van der Waals surface area contributed by atoms with E-state index in [1.807, 2.05) is 135 Å². The molecule has 0 amide bonds. The maximum absolute atomic E-state index is 13.4. The molecule has 0 saturated carbocycles. The van der Waals surface area contributed by atoms with Crippen molar-refractivity contribution in [2.24, 2.45) is 35.2 Å². The molecule has 13 rings (SSSR count). The van der Waals surface area contributed by atoms with Crippen LogP contribution in [-0.2, 0) is 177 Å². The molecule has 0 aliphatic carbocycles. The molecule has 13 aromatic rings. The zero-order valence-electron chi connectivity index (χ0n) is 63.2.